The monoisotopic (exact) mass is 800 g/mol. The Labute approximate surface area is 357 Å². The number of hydrogen-bond acceptors (Lipinski definition) is 3. The van der Waals surface area contributed by atoms with Gasteiger partial charge < -0.3 is 15.5 Å². The number of aliphatic hydroxyl groups excluding tert-OH is 2. The number of nitrogens with one attached hydrogen (secondary N) is 1. The molecule has 0 saturated heterocycles. The van der Waals surface area contributed by atoms with Gasteiger partial charge in [0.15, 0.2) is 0 Å². The van der Waals surface area contributed by atoms with Crippen LogP contribution in [0.1, 0.15) is 277 Å². The lowest BCUT2D eigenvalue weighted by Crippen LogP contribution is -2.45. The third kappa shape index (κ3) is 45.5. The number of rotatable bonds is 47. The van der Waals surface area contributed by atoms with Crippen molar-refractivity contribution in [2.75, 3.05) is 6.61 Å². The van der Waals surface area contributed by atoms with Crippen LogP contribution in [0.3, 0.4) is 0 Å². The predicted molar refractivity (Wildman–Crippen MR) is 253 cm³/mol. The van der Waals surface area contributed by atoms with E-state index in [9.17, 15) is 15.0 Å². The van der Waals surface area contributed by atoms with Gasteiger partial charge >= 0.3 is 0 Å². The summed E-state index contributed by atoms with van der Waals surface area (Å²) in [5, 5.41) is 23.1. The average molecular weight is 800 g/mol. The van der Waals surface area contributed by atoms with Crippen molar-refractivity contribution < 1.29 is 15.0 Å². The maximum Gasteiger partial charge on any atom is 0.220 e. The number of allylic oxidation sites excluding steroid dienone is 5. The summed E-state index contributed by atoms with van der Waals surface area (Å²) in [5.74, 6) is -0.0718. The van der Waals surface area contributed by atoms with Crippen LogP contribution in [0.4, 0.5) is 0 Å². The molecule has 0 heterocycles. The highest BCUT2D eigenvalue weighted by Gasteiger charge is 2.17. The van der Waals surface area contributed by atoms with Gasteiger partial charge in [0.1, 0.15) is 0 Å². The molecule has 0 fully saturated rings. The van der Waals surface area contributed by atoms with E-state index < -0.39 is 12.1 Å². The van der Waals surface area contributed by atoms with Crippen molar-refractivity contribution >= 4 is 5.91 Å². The van der Waals surface area contributed by atoms with Gasteiger partial charge in [-0.15, -0.1) is 0 Å². The second-order valence-corrected chi connectivity index (χ2v) is 17.6. The highest BCUT2D eigenvalue weighted by molar-refractivity contribution is 5.76. The lowest BCUT2D eigenvalue weighted by molar-refractivity contribution is -0.123. The molecular formula is C53H101NO3. The summed E-state index contributed by atoms with van der Waals surface area (Å²) in [6, 6.07) is -0.639. The average Bonchev–Trinajstić information content (AvgIpc) is 3.22. The van der Waals surface area contributed by atoms with Gasteiger partial charge in [-0.3, -0.25) is 4.79 Å². The van der Waals surface area contributed by atoms with E-state index in [1.807, 2.05) is 6.08 Å². The van der Waals surface area contributed by atoms with E-state index in [2.05, 4.69) is 43.5 Å². The molecule has 0 rings (SSSR count). The molecular weight excluding hydrogens is 699 g/mol. The van der Waals surface area contributed by atoms with E-state index in [1.165, 1.54) is 225 Å². The fourth-order valence-electron chi connectivity index (χ4n) is 7.90. The molecule has 2 atom stereocenters. The summed E-state index contributed by atoms with van der Waals surface area (Å²) in [6.07, 6.45) is 65.7. The Balaban J connectivity index is 3.55. The van der Waals surface area contributed by atoms with Gasteiger partial charge in [-0.1, -0.05) is 249 Å². The van der Waals surface area contributed by atoms with Crippen LogP contribution >= 0.6 is 0 Å². The first kappa shape index (κ1) is 55.6. The van der Waals surface area contributed by atoms with Gasteiger partial charge in [0.2, 0.25) is 5.91 Å². The topological polar surface area (TPSA) is 69.6 Å². The number of aliphatic hydroxyl groups is 2. The number of carbonyl (C=O) groups excluding carboxylic acids is 1. The molecule has 0 saturated carbocycles. The van der Waals surface area contributed by atoms with Crippen LogP contribution in [0.25, 0.3) is 0 Å². The largest absolute Gasteiger partial charge is 0.394 e. The first-order valence-corrected chi connectivity index (χ1v) is 25.7. The Morgan fingerprint density at radius 3 is 1.02 bits per heavy atom. The Kier molecular flexibility index (Phi) is 47.8. The third-order valence-corrected chi connectivity index (χ3v) is 11.8. The van der Waals surface area contributed by atoms with Gasteiger partial charge in [0, 0.05) is 6.42 Å². The number of amides is 1. The first-order chi connectivity index (χ1) is 28.2. The molecule has 0 aromatic rings. The minimum atomic E-state index is -0.862. The standard InChI is InChI=1S/C53H101NO3/c1-3-5-7-9-11-13-15-17-19-21-23-25-27-29-31-33-35-37-39-41-43-45-47-49-53(57)54-51(50-55)52(56)48-46-44-42-40-38-36-34-32-30-28-26-24-22-20-18-16-14-12-10-8-6-4-2/h21,23,38,40,46,48,51-52,55-56H,3-20,22,24-37,39,41-45,47,49-50H2,1-2H3,(H,54,57)/b23-21-,40-38+,48-46+. The van der Waals surface area contributed by atoms with Crippen LogP contribution in [-0.2, 0) is 4.79 Å². The van der Waals surface area contributed by atoms with Gasteiger partial charge in [0.25, 0.3) is 0 Å². The van der Waals surface area contributed by atoms with Crippen LogP contribution in [0.15, 0.2) is 36.5 Å². The SMILES string of the molecule is CCCCCCCCCC/C=C\CCCCCCCCCCCCCC(=O)NC(CO)C(O)/C=C/CC/C=C/CCCCCCCCCCCCCCCCCC. The minimum Gasteiger partial charge on any atom is -0.394 e. The summed E-state index contributed by atoms with van der Waals surface area (Å²) >= 11 is 0. The second-order valence-electron chi connectivity index (χ2n) is 17.6. The molecule has 4 heteroatoms. The molecule has 0 aliphatic heterocycles. The molecule has 0 aromatic carbocycles. The zero-order valence-electron chi connectivity index (χ0n) is 38.6. The molecule has 1 amide bonds. The van der Waals surface area contributed by atoms with E-state index in [0.29, 0.717) is 6.42 Å². The zero-order chi connectivity index (χ0) is 41.4. The highest BCUT2D eigenvalue weighted by Crippen LogP contribution is 2.16. The van der Waals surface area contributed by atoms with Crippen LogP contribution < -0.4 is 5.32 Å². The highest BCUT2D eigenvalue weighted by atomic mass is 16.3. The summed E-state index contributed by atoms with van der Waals surface area (Å²) in [6.45, 7) is 4.32. The molecule has 0 aliphatic rings. The van der Waals surface area contributed by atoms with Crippen LogP contribution in [0.5, 0.6) is 0 Å². The molecule has 2 unspecified atom stereocenters. The normalized spacial score (nSPS) is 13.1. The molecule has 0 aromatic heterocycles. The van der Waals surface area contributed by atoms with Gasteiger partial charge in [-0.25, -0.2) is 0 Å². The van der Waals surface area contributed by atoms with E-state index in [0.717, 1.165) is 32.1 Å². The van der Waals surface area contributed by atoms with Crippen LogP contribution in [-0.4, -0.2) is 34.9 Å². The van der Waals surface area contributed by atoms with E-state index in [1.54, 1.807) is 6.08 Å². The molecule has 0 spiro atoms. The quantitative estimate of drug-likeness (QED) is 0.0424. The molecule has 57 heavy (non-hydrogen) atoms. The number of carbonyl (C=O) groups is 1. The Bertz CT molecular complexity index is 866. The Morgan fingerprint density at radius 2 is 0.684 bits per heavy atom. The third-order valence-electron chi connectivity index (χ3n) is 11.8. The molecule has 336 valence electrons. The van der Waals surface area contributed by atoms with Crippen molar-refractivity contribution in [1.82, 2.24) is 5.32 Å². The minimum absolute atomic E-state index is 0.0718. The molecule has 0 radical (unpaired) electrons. The lowest BCUT2D eigenvalue weighted by Gasteiger charge is -2.19. The second kappa shape index (κ2) is 49.0. The summed E-state index contributed by atoms with van der Waals surface area (Å²) < 4.78 is 0. The molecule has 3 N–H and O–H groups in total. The first-order valence-electron chi connectivity index (χ1n) is 25.7. The van der Waals surface area contributed by atoms with Gasteiger partial charge in [-0.2, -0.15) is 0 Å². The predicted octanol–water partition coefficient (Wildman–Crippen LogP) is 16.5. The Hall–Kier alpha value is -1.39. The molecule has 0 aliphatic carbocycles. The van der Waals surface area contributed by atoms with E-state index >= 15 is 0 Å². The van der Waals surface area contributed by atoms with Crippen molar-refractivity contribution in [3.63, 3.8) is 0 Å². The lowest BCUT2D eigenvalue weighted by atomic mass is 10.0. The summed E-state index contributed by atoms with van der Waals surface area (Å²) in [7, 11) is 0. The maximum atomic E-state index is 12.4. The van der Waals surface area contributed by atoms with Crippen molar-refractivity contribution in [3.05, 3.63) is 36.5 Å². The number of hydrogen-bond donors (Lipinski definition) is 3. The Morgan fingerprint density at radius 1 is 0.404 bits per heavy atom. The molecule has 4 nitrogen and oxygen atoms in total. The van der Waals surface area contributed by atoms with Crippen LogP contribution in [0.2, 0.25) is 0 Å². The van der Waals surface area contributed by atoms with Crippen molar-refractivity contribution in [1.29, 1.82) is 0 Å². The fourth-order valence-corrected chi connectivity index (χ4v) is 7.90. The van der Waals surface area contributed by atoms with Crippen molar-refractivity contribution in [2.24, 2.45) is 0 Å². The van der Waals surface area contributed by atoms with E-state index in [-0.39, 0.29) is 12.5 Å². The number of unbranched alkanes of at least 4 members (excludes halogenated alkanes) is 36. The summed E-state index contributed by atoms with van der Waals surface area (Å²) in [5.41, 5.74) is 0. The van der Waals surface area contributed by atoms with Gasteiger partial charge in [0.05, 0.1) is 18.8 Å². The fraction of sp³-hybridized carbons (Fsp3) is 0.868. The van der Waals surface area contributed by atoms with Gasteiger partial charge in [-0.05, 0) is 57.8 Å². The molecule has 0 bridgehead atoms. The van der Waals surface area contributed by atoms with E-state index in [4.69, 9.17) is 0 Å². The van der Waals surface area contributed by atoms with Crippen molar-refractivity contribution in [2.45, 2.75) is 289 Å². The summed E-state index contributed by atoms with van der Waals surface area (Å²) in [4.78, 5) is 12.4. The van der Waals surface area contributed by atoms with Crippen molar-refractivity contribution in [3.8, 4) is 0 Å². The smallest absolute Gasteiger partial charge is 0.220 e. The zero-order valence-corrected chi connectivity index (χ0v) is 38.6. The van der Waals surface area contributed by atoms with Crippen LogP contribution in [0, 0.1) is 0 Å². The maximum absolute atomic E-state index is 12.4.